The predicted octanol–water partition coefficient (Wildman–Crippen LogP) is 3.81. The van der Waals surface area contributed by atoms with Crippen molar-refractivity contribution in [2.75, 3.05) is 13.2 Å². The smallest absolute Gasteiger partial charge is 0.154 e. The largest absolute Gasteiger partial charge is 0.381 e. The van der Waals surface area contributed by atoms with Gasteiger partial charge in [0.2, 0.25) is 0 Å². The van der Waals surface area contributed by atoms with Crippen LogP contribution in [0.1, 0.15) is 56.2 Å². The van der Waals surface area contributed by atoms with E-state index in [9.17, 15) is 0 Å². The zero-order valence-electron chi connectivity index (χ0n) is 14.2. The summed E-state index contributed by atoms with van der Waals surface area (Å²) in [6.07, 6.45) is 4.25. The molecule has 0 radical (unpaired) electrons. The molecule has 3 rings (SSSR count). The van der Waals surface area contributed by atoms with Crippen LogP contribution >= 0.6 is 0 Å². The molecular weight excluding hydrogens is 286 g/mol. The molecule has 1 atom stereocenters. The van der Waals surface area contributed by atoms with Crippen molar-refractivity contribution in [1.82, 2.24) is 14.8 Å². The van der Waals surface area contributed by atoms with Gasteiger partial charge < -0.3 is 4.74 Å². The fraction of sp³-hybridized carbons (Fsp3) is 0.579. The zero-order valence-corrected chi connectivity index (χ0v) is 14.2. The van der Waals surface area contributed by atoms with Gasteiger partial charge in [-0.1, -0.05) is 50.6 Å². The van der Waals surface area contributed by atoms with Crippen molar-refractivity contribution in [1.29, 1.82) is 0 Å². The van der Waals surface area contributed by atoms with Crippen LogP contribution in [-0.2, 0) is 17.7 Å². The third-order valence-corrected chi connectivity index (χ3v) is 4.75. The summed E-state index contributed by atoms with van der Waals surface area (Å²) in [5.74, 6) is 3.24. The maximum atomic E-state index is 5.47. The molecule has 1 saturated heterocycles. The van der Waals surface area contributed by atoms with Crippen LogP contribution in [0.15, 0.2) is 30.3 Å². The van der Waals surface area contributed by atoms with Crippen LogP contribution < -0.4 is 0 Å². The Labute approximate surface area is 138 Å². The molecule has 4 heteroatoms. The lowest BCUT2D eigenvalue weighted by molar-refractivity contribution is 0.0835. The fourth-order valence-electron chi connectivity index (χ4n) is 3.01. The molecular formula is C19H27N3O. The van der Waals surface area contributed by atoms with E-state index in [4.69, 9.17) is 14.8 Å². The second kappa shape index (κ2) is 7.73. The highest BCUT2D eigenvalue weighted by Gasteiger charge is 2.22. The van der Waals surface area contributed by atoms with Crippen LogP contribution in [0.3, 0.4) is 0 Å². The molecule has 0 aliphatic carbocycles. The van der Waals surface area contributed by atoms with Crippen LogP contribution in [-0.4, -0.2) is 28.0 Å². The maximum absolute atomic E-state index is 5.47. The fourth-order valence-corrected chi connectivity index (χ4v) is 3.01. The molecule has 2 aromatic rings. The Balaban J connectivity index is 1.83. The highest BCUT2D eigenvalue weighted by atomic mass is 16.5. The minimum Gasteiger partial charge on any atom is -0.381 e. The van der Waals surface area contributed by atoms with Gasteiger partial charge in [0.05, 0.1) is 6.54 Å². The first-order chi connectivity index (χ1) is 11.3. The number of hydrogen-bond acceptors (Lipinski definition) is 3. The van der Waals surface area contributed by atoms with E-state index >= 15 is 0 Å². The van der Waals surface area contributed by atoms with Gasteiger partial charge in [0.1, 0.15) is 5.82 Å². The van der Waals surface area contributed by atoms with Crippen LogP contribution in [0.25, 0.3) is 0 Å². The minimum absolute atomic E-state index is 0.455. The lowest BCUT2D eigenvalue weighted by Gasteiger charge is -2.18. The molecule has 0 saturated carbocycles. The Hall–Kier alpha value is -1.68. The van der Waals surface area contributed by atoms with Crippen LogP contribution in [0, 0.1) is 5.92 Å². The first kappa shape index (κ1) is 16.2. The summed E-state index contributed by atoms with van der Waals surface area (Å²) in [5, 5.41) is 4.87. The molecule has 23 heavy (non-hydrogen) atoms. The van der Waals surface area contributed by atoms with E-state index in [1.807, 2.05) is 0 Å². The third kappa shape index (κ3) is 4.20. The average Bonchev–Trinajstić information content (AvgIpc) is 2.99. The summed E-state index contributed by atoms with van der Waals surface area (Å²) in [5.41, 5.74) is 1.28. The number of ether oxygens (including phenoxy) is 1. The monoisotopic (exact) mass is 313 g/mol. The molecule has 1 aliphatic rings. The Morgan fingerprint density at radius 3 is 2.65 bits per heavy atom. The van der Waals surface area contributed by atoms with E-state index in [1.165, 1.54) is 12.0 Å². The SMILES string of the molecule is CCC(C)Cc1nc(C2CCOCC2)nn1Cc1ccccc1. The summed E-state index contributed by atoms with van der Waals surface area (Å²) in [7, 11) is 0. The van der Waals surface area contributed by atoms with Gasteiger partial charge in [-0.3, -0.25) is 0 Å². The Bertz CT molecular complexity index is 602. The molecule has 0 bridgehead atoms. The Kier molecular flexibility index (Phi) is 5.44. The summed E-state index contributed by atoms with van der Waals surface area (Å²) >= 11 is 0. The van der Waals surface area contributed by atoms with Gasteiger partial charge in [-0.25, -0.2) is 9.67 Å². The van der Waals surface area contributed by atoms with E-state index in [2.05, 4.69) is 48.9 Å². The standard InChI is InChI=1S/C19H27N3O/c1-3-15(2)13-18-20-19(17-9-11-23-12-10-17)21-22(18)14-16-7-5-4-6-8-16/h4-8,15,17H,3,9-14H2,1-2H3. The molecule has 0 amide bonds. The van der Waals surface area contributed by atoms with Crippen molar-refractivity contribution >= 4 is 0 Å². The third-order valence-electron chi connectivity index (χ3n) is 4.75. The van der Waals surface area contributed by atoms with Gasteiger partial charge in [0, 0.05) is 25.6 Å². The van der Waals surface area contributed by atoms with Gasteiger partial charge in [-0.05, 0) is 24.3 Å². The van der Waals surface area contributed by atoms with Crippen LogP contribution in [0.5, 0.6) is 0 Å². The molecule has 4 nitrogen and oxygen atoms in total. The van der Waals surface area contributed by atoms with Crippen LogP contribution in [0.4, 0.5) is 0 Å². The van der Waals surface area contributed by atoms with Crippen molar-refractivity contribution in [3.05, 3.63) is 47.5 Å². The van der Waals surface area contributed by atoms with Crippen molar-refractivity contribution in [3.63, 3.8) is 0 Å². The van der Waals surface area contributed by atoms with E-state index in [0.717, 1.165) is 50.7 Å². The lowest BCUT2D eigenvalue weighted by atomic mass is 10.00. The Morgan fingerprint density at radius 1 is 1.22 bits per heavy atom. The highest BCUT2D eigenvalue weighted by molar-refractivity contribution is 5.15. The number of aromatic nitrogens is 3. The average molecular weight is 313 g/mol. The topological polar surface area (TPSA) is 39.9 Å². The number of hydrogen-bond donors (Lipinski definition) is 0. The number of nitrogens with zero attached hydrogens (tertiary/aromatic N) is 3. The molecule has 1 aromatic carbocycles. The first-order valence-corrected chi connectivity index (χ1v) is 8.81. The Morgan fingerprint density at radius 2 is 1.96 bits per heavy atom. The van der Waals surface area contributed by atoms with E-state index in [0.29, 0.717) is 11.8 Å². The van der Waals surface area contributed by atoms with Crippen molar-refractivity contribution in [3.8, 4) is 0 Å². The normalized spacial score (nSPS) is 17.3. The predicted molar refractivity (Wildman–Crippen MR) is 91.5 cm³/mol. The van der Waals surface area contributed by atoms with Gasteiger partial charge in [0.25, 0.3) is 0 Å². The molecule has 2 heterocycles. The molecule has 0 N–H and O–H groups in total. The zero-order chi connectivity index (χ0) is 16.1. The van der Waals surface area contributed by atoms with Gasteiger partial charge in [-0.2, -0.15) is 5.10 Å². The molecule has 1 unspecified atom stereocenters. The van der Waals surface area contributed by atoms with Crippen molar-refractivity contribution in [2.45, 2.75) is 52.0 Å². The first-order valence-electron chi connectivity index (χ1n) is 8.81. The lowest BCUT2D eigenvalue weighted by Crippen LogP contribution is -2.15. The summed E-state index contributed by atoms with van der Waals surface area (Å²) < 4.78 is 7.59. The molecule has 1 aliphatic heterocycles. The van der Waals surface area contributed by atoms with Crippen molar-refractivity contribution in [2.24, 2.45) is 5.92 Å². The molecule has 124 valence electrons. The van der Waals surface area contributed by atoms with Crippen molar-refractivity contribution < 1.29 is 4.74 Å². The number of rotatable bonds is 6. The van der Waals surface area contributed by atoms with Gasteiger partial charge >= 0.3 is 0 Å². The van der Waals surface area contributed by atoms with E-state index in [-0.39, 0.29) is 0 Å². The van der Waals surface area contributed by atoms with E-state index < -0.39 is 0 Å². The molecule has 1 aromatic heterocycles. The molecule has 1 fully saturated rings. The van der Waals surface area contributed by atoms with Gasteiger partial charge in [0.15, 0.2) is 5.82 Å². The quantitative estimate of drug-likeness (QED) is 0.814. The second-order valence-electron chi connectivity index (χ2n) is 6.63. The summed E-state index contributed by atoms with van der Waals surface area (Å²) in [4.78, 5) is 4.91. The second-order valence-corrected chi connectivity index (χ2v) is 6.63. The summed E-state index contributed by atoms with van der Waals surface area (Å²) in [6.45, 7) is 7.00. The summed E-state index contributed by atoms with van der Waals surface area (Å²) in [6, 6.07) is 10.5. The van der Waals surface area contributed by atoms with E-state index in [1.54, 1.807) is 0 Å². The maximum Gasteiger partial charge on any atom is 0.154 e. The number of benzene rings is 1. The minimum atomic E-state index is 0.455. The highest BCUT2D eigenvalue weighted by Crippen LogP contribution is 2.25. The van der Waals surface area contributed by atoms with Crippen LogP contribution in [0.2, 0.25) is 0 Å². The van der Waals surface area contributed by atoms with Gasteiger partial charge in [-0.15, -0.1) is 0 Å². The molecule has 0 spiro atoms.